The van der Waals surface area contributed by atoms with E-state index in [-0.39, 0.29) is 30.8 Å². The molecular formula is C24H40N4O6S2. The first-order valence-electron chi connectivity index (χ1n) is 12.2. The highest BCUT2D eigenvalue weighted by molar-refractivity contribution is 8.76. The molecule has 204 valence electrons. The van der Waals surface area contributed by atoms with E-state index in [1.165, 1.54) is 10.8 Å². The normalized spacial score (nSPS) is 23.9. The summed E-state index contributed by atoms with van der Waals surface area (Å²) < 4.78 is 5.31. The summed E-state index contributed by atoms with van der Waals surface area (Å²) in [6.07, 6.45) is 4.31. The van der Waals surface area contributed by atoms with E-state index in [9.17, 15) is 24.0 Å². The van der Waals surface area contributed by atoms with Crippen molar-refractivity contribution >= 4 is 51.7 Å². The van der Waals surface area contributed by atoms with Gasteiger partial charge in [-0.05, 0) is 37.7 Å². The minimum Gasteiger partial charge on any atom is -0.456 e. The molecule has 0 saturated heterocycles. The van der Waals surface area contributed by atoms with Gasteiger partial charge < -0.3 is 26.0 Å². The zero-order valence-corrected chi connectivity index (χ0v) is 23.3. The molecule has 4 N–H and O–H groups in total. The molecule has 0 spiro atoms. The van der Waals surface area contributed by atoms with E-state index < -0.39 is 36.0 Å². The maximum atomic E-state index is 13.1. The van der Waals surface area contributed by atoms with Crippen molar-refractivity contribution in [1.82, 2.24) is 21.3 Å². The molecule has 10 nitrogen and oxygen atoms in total. The topological polar surface area (TPSA) is 143 Å². The van der Waals surface area contributed by atoms with Crippen LogP contribution in [0.4, 0.5) is 0 Å². The Morgan fingerprint density at radius 1 is 1.17 bits per heavy atom. The highest BCUT2D eigenvalue weighted by atomic mass is 33.1. The maximum absolute atomic E-state index is 13.1. The summed E-state index contributed by atoms with van der Waals surface area (Å²) in [7, 11) is 3.05. The van der Waals surface area contributed by atoms with Crippen LogP contribution in [0.2, 0.25) is 0 Å². The predicted molar refractivity (Wildman–Crippen MR) is 143 cm³/mol. The van der Waals surface area contributed by atoms with Gasteiger partial charge >= 0.3 is 5.97 Å². The Hall–Kier alpha value is -2.21. The number of esters is 1. The van der Waals surface area contributed by atoms with Crippen LogP contribution in [0.3, 0.4) is 0 Å². The zero-order valence-electron chi connectivity index (χ0n) is 21.7. The maximum Gasteiger partial charge on any atom is 0.326 e. The standard InChI is InChI=1S/C24H40N4O6S2/c1-15(2)10-17(5)26-23(32)19-13-36-35-9-7-6-8-18(34-21(31)12-25-14-29)11-20(30)28-22(16(3)4)24(33)27-19/h6,8,14-19,22H,7,9-13H2,1-5H3,(H,25,29)(H,26,32)(H,27,33)(H,28,30)/b8-6+/t17?,18?,19?,22-/m1/s1. The van der Waals surface area contributed by atoms with Crippen LogP contribution in [-0.2, 0) is 28.7 Å². The molecule has 0 aromatic heterocycles. The molecule has 1 heterocycles. The van der Waals surface area contributed by atoms with Crippen LogP contribution in [0.1, 0.15) is 53.9 Å². The molecule has 0 radical (unpaired) electrons. The Labute approximate surface area is 221 Å². The minimum absolute atomic E-state index is 0.0317. The monoisotopic (exact) mass is 544 g/mol. The number of amides is 4. The second-order valence-corrected chi connectivity index (χ2v) is 12.1. The van der Waals surface area contributed by atoms with Gasteiger partial charge in [-0.15, -0.1) is 0 Å². The van der Waals surface area contributed by atoms with Gasteiger partial charge in [0, 0.05) is 17.5 Å². The third kappa shape index (κ3) is 13.2. The molecule has 0 fully saturated rings. The van der Waals surface area contributed by atoms with Gasteiger partial charge in [0.1, 0.15) is 24.7 Å². The lowest BCUT2D eigenvalue weighted by molar-refractivity contribution is -0.147. The van der Waals surface area contributed by atoms with E-state index in [4.69, 9.17) is 4.74 Å². The van der Waals surface area contributed by atoms with Crippen LogP contribution in [-0.4, -0.2) is 72.4 Å². The van der Waals surface area contributed by atoms with Crippen LogP contribution in [0.5, 0.6) is 0 Å². The van der Waals surface area contributed by atoms with Crippen LogP contribution < -0.4 is 21.3 Å². The number of allylic oxidation sites excluding steroid dienone is 1. The van der Waals surface area contributed by atoms with Gasteiger partial charge in [-0.3, -0.25) is 24.0 Å². The number of hydrogen-bond donors (Lipinski definition) is 4. The first-order chi connectivity index (χ1) is 17.0. The van der Waals surface area contributed by atoms with Crippen LogP contribution in [0, 0.1) is 11.8 Å². The highest BCUT2D eigenvalue weighted by Gasteiger charge is 2.30. The summed E-state index contributed by atoms with van der Waals surface area (Å²) in [5.74, 6) is -0.571. The summed E-state index contributed by atoms with van der Waals surface area (Å²) in [6.45, 7) is 9.39. The molecule has 0 bridgehead atoms. The number of carbonyl (C=O) groups excluding carboxylic acids is 5. The Kier molecular flexibility index (Phi) is 15.3. The second kappa shape index (κ2) is 17.3. The van der Waals surface area contributed by atoms with Crippen molar-refractivity contribution in [2.45, 2.75) is 78.1 Å². The average Bonchev–Trinajstić information content (AvgIpc) is 2.78. The number of carbonyl (C=O) groups is 5. The lowest BCUT2D eigenvalue weighted by Gasteiger charge is -2.26. The summed E-state index contributed by atoms with van der Waals surface area (Å²) in [6, 6.07) is -1.65. The molecule has 1 aliphatic rings. The third-order valence-electron chi connectivity index (χ3n) is 5.15. The number of ether oxygens (including phenoxy) is 1. The van der Waals surface area contributed by atoms with Crippen molar-refractivity contribution in [2.24, 2.45) is 11.8 Å². The van der Waals surface area contributed by atoms with E-state index in [1.54, 1.807) is 30.7 Å². The first kappa shape index (κ1) is 31.8. The molecule has 1 aliphatic heterocycles. The molecule has 0 saturated carbocycles. The Morgan fingerprint density at radius 2 is 1.89 bits per heavy atom. The Balaban J connectivity index is 3.00. The Morgan fingerprint density at radius 3 is 2.53 bits per heavy atom. The average molecular weight is 545 g/mol. The lowest BCUT2D eigenvalue weighted by atomic mass is 10.0. The van der Waals surface area contributed by atoms with Crippen molar-refractivity contribution in [1.29, 1.82) is 0 Å². The van der Waals surface area contributed by atoms with Gasteiger partial charge in [-0.1, -0.05) is 55.4 Å². The van der Waals surface area contributed by atoms with E-state index in [0.29, 0.717) is 24.5 Å². The van der Waals surface area contributed by atoms with Crippen molar-refractivity contribution in [3.8, 4) is 0 Å². The second-order valence-electron chi connectivity index (χ2n) is 9.44. The molecule has 1 rings (SSSR count). The van der Waals surface area contributed by atoms with Crippen molar-refractivity contribution in [3.05, 3.63) is 12.2 Å². The Bertz CT molecular complexity index is 778. The fraction of sp³-hybridized carbons (Fsp3) is 0.708. The van der Waals surface area contributed by atoms with E-state index in [2.05, 4.69) is 35.1 Å². The fourth-order valence-corrected chi connectivity index (χ4v) is 5.68. The SMILES string of the molecule is CC(C)CC(C)NC(=O)C1CSSCC/C=C/C(OC(=O)CNC=O)CC(=O)N[C@H](C(C)C)C(=O)N1. The summed E-state index contributed by atoms with van der Waals surface area (Å²) in [5, 5.41) is 10.8. The quantitative estimate of drug-likeness (QED) is 0.148. The minimum atomic E-state index is -0.874. The molecule has 0 aromatic carbocycles. The van der Waals surface area contributed by atoms with Gasteiger partial charge in [0.25, 0.3) is 0 Å². The largest absolute Gasteiger partial charge is 0.456 e. The molecule has 36 heavy (non-hydrogen) atoms. The molecule has 12 heteroatoms. The fourth-order valence-electron chi connectivity index (χ4n) is 3.53. The van der Waals surface area contributed by atoms with Crippen LogP contribution >= 0.6 is 21.6 Å². The van der Waals surface area contributed by atoms with Gasteiger partial charge in [0.15, 0.2) is 0 Å². The number of rotatable bonds is 9. The lowest BCUT2D eigenvalue weighted by Crippen LogP contribution is -2.57. The molecule has 4 amide bonds. The van der Waals surface area contributed by atoms with Crippen LogP contribution in [0.15, 0.2) is 12.2 Å². The van der Waals surface area contributed by atoms with Crippen molar-refractivity contribution in [2.75, 3.05) is 18.1 Å². The first-order valence-corrected chi connectivity index (χ1v) is 14.7. The zero-order chi connectivity index (χ0) is 27.1. The smallest absolute Gasteiger partial charge is 0.326 e. The van der Waals surface area contributed by atoms with Gasteiger partial charge in [0.05, 0.1) is 6.42 Å². The van der Waals surface area contributed by atoms with E-state index >= 15 is 0 Å². The van der Waals surface area contributed by atoms with E-state index in [0.717, 1.165) is 12.2 Å². The van der Waals surface area contributed by atoms with Crippen molar-refractivity contribution < 1.29 is 28.7 Å². The molecule has 3 unspecified atom stereocenters. The van der Waals surface area contributed by atoms with Gasteiger partial charge in [0.2, 0.25) is 24.1 Å². The molecule has 0 aromatic rings. The number of hydrogen-bond acceptors (Lipinski definition) is 8. The van der Waals surface area contributed by atoms with E-state index in [1.807, 2.05) is 13.0 Å². The third-order valence-corrected chi connectivity index (χ3v) is 7.59. The summed E-state index contributed by atoms with van der Waals surface area (Å²) in [4.78, 5) is 61.2. The molecular weight excluding hydrogens is 504 g/mol. The van der Waals surface area contributed by atoms with Crippen LogP contribution in [0.25, 0.3) is 0 Å². The molecule has 4 atom stereocenters. The van der Waals surface area contributed by atoms with Gasteiger partial charge in [-0.25, -0.2) is 0 Å². The highest BCUT2D eigenvalue weighted by Crippen LogP contribution is 2.23. The predicted octanol–water partition coefficient (Wildman–Crippen LogP) is 1.55. The van der Waals surface area contributed by atoms with Crippen molar-refractivity contribution in [3.63, 3.8) is 0 Å². The summed E-state index contributed by atoms with van der Waals surface area (Å²) >= 11 is 0. The summed E-state index contributed by atoms with van der Waals surface area (Å²) in [5.41, 5.74) is 0. The molecule has 0 aliphatic carbocycles. The number of nitrogens with one attached hydrogen (secondary N) is 4. The van der Waals surface area contributed by atoms with Gasteiger partial charge in [-0.2, -0.15) is 0 Å².